The molecule has 0 aliphatic heterocycles. The van der Waals surface area contributed by atoms with Gasteiger partial charge in [0.15, 0.2) is 0 Å². The maximum absolute atomic E-state index is 6.05. The lowest BCUT2D eigenvalue weighted by Gasteiger charge is -2.20. The fraction of sp³-hybridized carbons (Fsp3) is 0.375. The molecule has 0 fully saturated rings. The lowest BCUT2D eigenvalue weighted by molar-refractivity contribution is 0.405. The molecule has 0 radical (unpaired) electrons. The second-order valence-corrected chi connectivity index (χ2v) is 6.17. The minimum absolute atomic E-state index is 0.150. The molecule has 0 spiro atoms. The summed E-state index contributed by atoms with van der Waals surface area (Å²) in [4.78, 5) is 2.71. The molecule has 2 aromatic rings. The summed E-state index contributed by atoms with van der Waals surface area (Å²) in [7, 11) is 1.68. The van der Waals surface area contributed by atoms with Gasteiger partial charge >= 0.3 is 0 Å². The van der Waals surface area contributed by atoms with E-state index in [0.717, 1.165) is 24.3 Å². The van der Waals surface area contributed by atoms with Gasteiger partial charge in [0.2, 0.25) is 0 Å². The van der Waals surface area contributed by atoms with Crippen molar-refractivity contribution in [3.63, 3.8) is 0 Å². The normalized spacial score (nSPS) is 12.4. The van der Waals surface area contributed by atoms with E-state index in [-0.39, 0.29) is 6.04 Å². The second kappa shape index (κ2) is 7.11. The zero-order chi connectivity index (χ0) is 14.5. The Morgan fingerprint density at radius 1 is 1.25 bits per heavy atom. The van der Waals surface area contributed by atoms with Crippen molar-refractivity contribution in [1.29, 1.82) is 0 Å². The summed E-state index contributed by atoms with van der Waals surface area (Å²) < 4.78 is 5.49. The zero-order valence-electron chi connectivity index (χ0n) is 12.1. The molecule has 20 heavy (non-hydrogen) atoms. The molecule has 2 nitrogen and oxygen atoms in total. The maximum atomic E-state index is 6.05. The SMILES string of the molecule is CCNC(c1ccc(CC)s1)c1ccc(Cl)cc1OC. The summed E-state index contributed by atoms with van der Waals surface area (Å²) in [6.45, 7) is 5.19. The highest BCUT2D eigenvalue weighted by atomic mass is 35.5. The van der Waals surface area contributed by atoms with Gasteiger partial charge in [-0.05, 0) is 37.2 Å². The number of halogens is 1. The van der Waals surface area contributed by atoms with Gasteiger partial charge in [0.25, 0.3) is 0 Å². The first-order valence-electron chi connectivity index (χ1n) is 6.85. The molecular weight excluding hydrogens is 290 g/mol. The van der Waals surface area contributed by atoms with Crippen LogP contribution in [-0.2, 0) is 6.42 Å². The average molecular weight is 310 g/mol. The molecule has 0 aliphatic carbocycles. The molecule has 2 rings (SSSR count). The topological polar surface area (TPSA) is 21.3 Å². The van der Waals surface area contributed by atoms with E-state index in [0.29, 0.717) is 5.02 Å². The molecular formula is C16H20ClNOS. The number of aryl methyl sites for hydroxylation is 1. The van der Waals surface area contributed by atoms with Gasteiger partial charge in [-0.15, -0.1) is 11.3 Å². The monoisotopic (exact) mass is 309 g/mol. The molecule has 108 valence electrons. The Bertz CT molecular complexity index is 567. The Morgan fingerprint density at radius 3 is 2.65 bits per heavy atom. The van der Waals surface area contributed by atoms with E-state index in [9.17, 15) is 0 Å². The molecule has 1 N–H and O–H groups in total. The third-order valence-electron chi connectivity index (χ3n) is 3.23. The Kier molecular flexibility index (Phi) is 5.46. The number of hydrogen-bond acceptors (Lipinski definition) is 3. The summed E-state index contributed by atoms with van der Waals surface area (Å²) in [6, 6.07) is 10.4. The first kappa shape index (κ1) is 15.4. The number of benzene rings is 1. The smallest absolute Gasteiger partial charge is 0.125 e. The van der Waals surface area contributed by atoms with Crippen LogP contribution in [0.2, 0.25) is 5.02 Å². The number of methoxy groups -OCH3 is 1. The van der Waals surface area contributed by atoms with Crippen LogP contribution in [0.3, 0.4) is 0 Å². The number of hydrogen-bond donors (Lipinski definition) is 1. The summed E-state index contributed by atoms with van der Waals surface area (Å²) >= 11 is 7.90. The van der Waals surface area contributed by atoms with Crippen molar-refractivity contribution in [1.82, 2.24) is 5.32 Å². The van der Waals surface area contributed by atoms with Crippen molar-refractivity contribution in [2.75, 3.05) is 13.7 Å². The van der Waals surface area contributed by atoms with Crippen LogP contribution >= 0.6 is 22.9 Å². The molecule has 4 heteroatoms. The zero-order valence-corrected chi connectivity index (χ0v) is 13.6. The van der Waals surface area contributed by atoms with Crippen LogP contribution in [-0.4, -0.2) is 13.7 Å². The molecule has 1 heterocycles. The summed E-state index contributed by atoms with van der Waals surface area (Å²) in [5.74, 6) is 0.829. The third kappa shape index (κ3) is 3.35. The van der Waals surface area contributed by atoms with Crippen molar-refractivity contribution >= 4 is 22.9 Å². The van der Waals surface area contributed by atoms with E-state index < -0.39 is 0 Å². The fourth-order valence-corrected chi connectivity index (χ4v) is 3.44. The highest BCUT2D eigenvalue weighted by Crippen LogP contribution is 2.35. The Labute approximate surface area is 129 Å². The molecule has 1 unspecified atom stereocenters. The van der Waals surface area contributed by atoms with Gasteiger partial charge in [0.1, 0.15) is 5.75 Å². The molecule has 0 amide bonds. The molecule has 0 saturated heterocycles. The van der Waals surface area contributed by atoms with E-state index in [1.807, 2.05) is 29.5 Å². The molecule has 1 aromatic carbocycles. The quantitative estimate of drug-likeness (QED) is 0.837. The van der Waals surface area contributed by atoms with Gasteiger partial charge < -0.3 is 10.1 Å². The van der Waals surface area contributed by atoms with Gasteiger partial charge in [-0.1, -0.05) is 31.5 Å². The van der Waals surface area contributed by atoms with Gasteiger partial charge in [0, 0.05) is 20.3 Å². The number of ether oxygens (including phenoxy) is 1. The Hall–Kier alpha value is -1.03. The van der Waals surface area contributed by atoms with Gasteiger partial charge in [0.05, 0.1) is 13.2 Å². The van der Waals surface area contributed by atoms with Crippen LogP contribution in [0.15, 0.2) is 30.3 Å². The maximum Gasteiger partial charge on any atom is 0.125 e. The van der Waals surface area contributed by atoms with Gasteiger partial charge in [-0.25, -0.2) is 0 Å². The Balaban J connectivity index is 2.42. The molecule has 1 atom stereocenters. The minimum atomic E-state index is 0.150. The van der Waals surface area contributed by atoms with Gasteiger partial charge in [-0.2, -0.15) is 0 Å². The van der Waals surface area contributed by atoms with Crippen LogP contribution in [0.4, 0.5) is 0 Å². The van der Waals surface area contributed by atoms with E-state index >= 15 is 0 Å². The van der Waals surface area contributed by atoms with Crippen LogP contribution in [0.25, 0.3) is 0 Å². The third-order valence-corrected chi connectivity index (χ3v) is 4.76. The van der Waals surface area contributed by atoms with Crippen LogP contribution in [0.1, 0.15) is 35.2 Å². The first-order chi connectivity index (χ1) is 9.69. The van der Waals surface area contributed by atoms with Crippen LogP contribution in [0, 0.1) is 0 Å². The molecule has 0 aliphatic rings. The molecule has 1 aromatic heterocycles. The number of thiophene rings is 1. The standard InChI is InChI=1S/C16H20ClNOS/c1-4-12-7-9-15(20-12)16(18-5-2)13-8-6-11(17)10-14(13)19-3/h6-10,16,18H,4-5H2,1-3H3. The summed E-state index contributed by atoms with van der Waals surface area (Å²) in [6.07, 6.45) is 1.07. The number of rotatable bonds is 6. The predicted molar refractivity (Wildman–Crippen MR) is 87.2 cm³/mol. The van der Waals surface area contributed by atoms with E-state index in [2.05, 4.69) is 31.3 Å². The predicted octanol–water partition coefficient (Wildman–Crippen LogP) is 4.67. The lowest BCUT2D eigenvalue weighted by Crippen LogP contribution is -2.21. The highest BCUT2D eigenvalue weighted by molar-refractivity contribution is 7.12. The van der Waals surface area contributed by atoms with Gasteiger partial charge in [-0.3, -0.25) is 0 Å². The van der Waals surface area contributed by atoms with Crippen LogP contribution in [0.5, 0.6) is 5.75 Å². The van der Waals surface area contributed by atoms with Crippen molar-refractivity contribution in [3.05, 3.63) is 50.7 Å². The Morgan fingerprint density at radius 2 is 2.05 bits per heavy atom. The van der Waals surface area contributed by atoms with Crippen molar-refractivity contribution < 1.29 is 4.74 Å². The average Bonchev–Trinajstić information content (AvgIpc) is 2.93. The highest BCUT2D eigenvalue weighted by Gasteiger charge is 2.19. The van der Waals surface area contributed by atoms with E-state index in [1.165, 1.54) is 9.75 Å². The minimum Gasteiger partial charge on any atom is -0.496 e. The molecule has 0 bridgehead atoms. The van der Waals surface area contributed by atoms with E-state index in [1.54, 1.807) is 7.11 Å². The fourth-order valence-electron chi connectivity index (χ4n) is 2.23. The van der Waals surface area contributed by atoms with Crippen LogP contribution < -0.4 is 10.1 Å². The summed E-state index contributed by atoms with van der Waals surface area (Å²) in [5.41, 5.74) is 1.13. The number of nitrogens with one attached hydrogen (secondary N) is 1. The van der Waals surface area contributed by atoms with Crippen molar-refractivity contribution in [2.24, 2.45) is 0 Å². The second-order valence-electron chi connectivity index (χ2n) is 4.53. The largest absolute Gasteiger partial charge is 0.496 e. The molecule has 0 saturated carbocycles. The first-order valence-corrected chi connectivity index (χ1v) is 8.04. The van der Waals surface area contributed by atoms with E-state index in [4.69, 9.17) is 16.3 Å². The lowest BCUT2D eigenvalue weighted by atomic mass is 10.0. The van der Waals surface area contributed by atoms with Crippen molar-refractivity contribution in [3.8, 4) is 5.75 Å². The van der Waals surface area contributed by atoms with Crippen molar-refractivity contribution in [2.45, 2.75) is 26.3 Å². The summed E-state index contributed by atoms with van der Waals surface area (Å²) in [5, 5.41) is 4.23.